The summed E-state index contributed by atoms with van der Waals surface area (Å²) in [5.41, 5.74) is 2.76. The van der Waals surface area contributed by atoms with Crippen LogP contribution in [0, 0.1) is 0 Å². The molecule has 0 bridgehead atoms. The summed E-state index contributed by atoms with van der Waals surface area (Å²) in [5.74, 6) is 0. The minimum atomic E-state index is -0.267. The van der Waals surface area contributed by atoms with Gasteiger partial charge in [-0.25, -0.2) is 0 Å². The van der Waals surface area contributed by atoms with Crippen molar-refractivity contribution >= 4 is 0 Å². The summed E-state index contributed by atoms with van der Waals surface area (Å²) < 4.78 is 0. The molecular formula is C14H20N2O. The number of β-amino-alcohol motifs (C(OH)–C–C–N with tert-alkyl or cyclic N) is 1. The first-order chi connectivity index (χ1) is 8.08. The Labute approximate surface area is 102 Å². The Kier molecular flexibility index (Phi) is 2.51. The molecule has 17 heavy (non-hydrogen) atoms. The van der Waals surface area contributed by atoms with Crippen LogP contribution in [0.2, 0.25) is 0 Å². The fraction of sp³-hybridized carbons (Fsp3) is 0.571. The maximum atomic E-state index is 10.2. The zero-order valence-electron chi connectivity index (χ0n) is 10.5. The molecule has 0 saturated carbocycles. The van der Waals surface area contributed by atoms with Crippen molar-refractivity contribution in [3.8, 4) is 0 Å². The quantitative estimate of drug-likeness (QED) is 0.703. The summed E-state index contributed by atoms with van der Waals surface area (Å²) >= 11 is 0. The van der Waals surface area contributed by atoms with Gasteiger partial charge in [-0.3, -0.25) is 10.2 Å². The Morgan fingerprint density at radius 3 is 2.76 bits per heavy atom. The smallest absolute Gasteiger partial charge is 0.0824 e. The van der Waals surface area contributed by atoms with E-state index in [-0.39, 0.29) is 17.8 Å². The summed E-state index contributed by atoms with van der Waals surface area (Å²) in [5, 5.41) is 13.6. The van der Waals surface area contributed by atoms with E-state index < -0.39 is 0 Å². The number of fused-ring (bicyclic) bond motifs is 2. The molecule has 3 nitrogen and oxygen atoms in total. The van der Waals surface area contributed by atoms with Gasteiger partial charge in [0.25, 0.3) is 0 Å². The molecule has 1 fully saturated rings. The number of aliphatic hydroxyl groups excluding tert-OH is 1. The van der Waals surface area contributed by atoms with Crippen LogP contribution in [0.3, 0.4) is 0 Å². The van der Waals surface area contributed by atoms with Crippen molar-refractivity contribution < 1.29 is 5.11 Å². The highest BCUT2D eigenvalue weighted by atomic mass is 16.3. The van der Waals surface area contributed by atoms with Gasteiger partial charge < -0.3 is 5.11 Å². The van der Waals surface area contributed by atoms with Crippen molar-refractivity contribution in [2.45, 2.75) is 44.6 Å². The number of hydrogen-bond acceptors (Lipinski definition) is 3. The van der Waals surface area contributed by atoms with Crippen LogP contribution >= 0.6 is 0 Å². The van der Waals surface area contributed by atoms with Gasteiger partial charge in [0.15, 0.2) is 0 Å². The lowest BCUT2D eigenvalue weighted by atomic mass is 9.86. The first-order valence-corrected chi connectivity index (χ1v) is 6.34. The number of benzene rings is 1. The first-order valence-electron chi connectivity index (χ1n) is 6.34. The topological polar surface area (TPSA) is 35.5 Å². The van der Waals surface area contributed by atoms with E-state index in [2.05, 4.69) is 48.3 Å². The maximum Gasteiger partial charge on any atom is 0.0824 e. The molecule has 0 amide bonds. The van der Waals surface area contributed by atoms with Gasteiger partial charge in [0.1, 0.15) is 0 Å². The molecule has 1 saturated heterocycles. The van der Waals surface area contributed by atoms with E-state index >= 15 is 0 Å². The van der Waals surface area contributed by atoms with Crippen LogP contribution in [-0.2, 0) is 13.0 Å². The van der Waals surface area contributed by atoms with Crippen molar-refractivity contribution in [3.05, 3.63) is 35.4 Å². The number of nitrogens with zero attached hydrogens (tertiary/aromatic N) is 1. The van der Waals surface area contributed by atoms with Crippen LogP contribution in [0.25, 0.3) is 0 Å². The van der Waals surface area contributed by atoms with Gasteiger partial charge in [0, 0.05) is 19.1 Å². The molecule has 2 N–H and O–H groups in total. The van der Waals surface area contributed by atoms with Crippen LogP contribution in [0.1, 0.15) is 25.0 Å². The van der Waals surface area contributed by atoms with Crippen molar-refractivity contribution in [1.29, 1.82) is 0 Å². The van der Waals surface area contributed by atoms with Crippen LogP contribution in [0.15, 0.2) is 24.3 Å². The van der Waals surface area contributed by atoms with Gasteiger partial charge in [-0.05, 0) is 31.4 Å². The number of nitrogens with one attached hydrogen (secondary N) is 1. The predicted molar refractivity (Wildman–Crippen MR) is 67.6 cm³/mol. The molecule has 2 aliphatic rings. The minimum absolute atomic E-state index is 0.0303. The molecule has 1 aromatic carbocycles. The lowest BCUT2D eigenvalue weighted by Crippen LogP contribution is -2.69. The van der Waals surface area contributed by atoms with Crippen molar-refractivity contribution in [2.24, 2.45) is 0 Å². The highest BCUT2D eigenvalue weighted by Gasteiger charge is 2.43. The molecule has 3 heteroatoms. The molecule has 0 spiro atoms. The van der Waals surface area contributed by atoms with Gasteiger partial charge in [0.05, 0.1) is 11.8 Å². The van der Waals surface area contributed by atoms with Gasteiger partial charge in [-0.2, -0.15) is 0 Å². The molecule has 1 aromatic rings. The molecule has 0 unspecified atom stereocenters. The molecule has 0 aliphatic carbocycles. The zero-order chi connectivity index (χ0) is 12.0. The van der Waals surface area contributed by atoms with Crippen LogP contribution in [0.5, 0.6) is 0 Å². The summed E-state index contributed by atoms with van der Waals surface area (Å²) in [6, 6.07) is 8.82. The maximum absolute atomic E-state index is 10.2. The van der Waals surface area contributed by atoms with E-state index in [1.54, 1.807) is 0 Å². The Morgan fingerprint density at radius 2 is 2.00 bits per heavy atom. The van der Waals surface area contributed by atoms with Crippen molar-refractivity contribution in [2.75, 3.05) is 6.54 Å². The van der Waals surface area contributed by atoms with Gasteiger partial charge in [0.2, 0.25) is 0 Å². The molecule has 0 aromatic heterocycles. The second kappa shape index (κ2) is 3.80. The first kappa shape index (κ1) is 11.2. The SMILES string of the molecule is CC1(C)NC[C@H](O)[C@H]2Cc3ccccc3CN21. The van der Waals surface area contributed by atoms with Gasteiger partial charge in [-0.15, -0.1) is 0 Å². The Hall–Kier alpha value is -0.900. The largest absolute Gasteiger partial charge is 0.390 e. The third-order valence-corrected chi connectivity index (χ3v) is 4.19. The second-order valence-electron chi connectivity index (χ2n) is 5.68. The summed E-state index contributed by atoms with van der Waals surface area (Å²) in [6.45, 7) is 6.01. The highest BCUT2D eigenvalue weighted by Crippen LogP contribution is 2.32. The minimum Gasteiger partial charge on any atom is -0.390 e. The number of hydrogen-bond donors (Lipinski definition) is 2. The number of rotatable bonds is 0. The lowest BCUT2D eigenvalue weighted by molar-refractivity contribution is -0.0749. The zero-order valence-corrected chi connectivity index (χ0v) is 10.5. The standard InChI is InChI=1S/C14H20N2O/c1-14(2)15-8-13(17)12-7-10-5-3-4-6-11(10)9-16(12)14/h3-6,12-13,15,17H,7-9H2,1-2H3/t12-,13+/m1/s1. The Bertz CT molecular complexity index is 430. The lowest BCUT2D eigenvalue weighted by Gasteiger charge is -2.52. The summed E-state index contributed by atoms with van der Waals surface area (Å²) in [4.78, 5) is 2.39. The average Bonchev–Trinajstić information content (AvgIpc) is 2.33. The summed E-state index contributed by atoms with van der Waals surface area (Å²) in [7, 11) is 0. The molecular weight excluding hydrogens is 212 g/mol. The molecule has 2 atom stereocenters. The predicted octanol–water partition coefficient (Wildman–Crippen LogP) is 1.11. The van der Waals surface area contributed by atoms with E-state index in [1.165, 1.54) is 11.1 Å². The third kappa shape index (κ3) is 1.79. The van der Waals surface area contributed by atoms with Gasteiger partial charge >= 0.3 is 0 Å². The normalized spacial score (nSPS) is 31.7. The van der Waals surface area contributed by atoms with Crippen LogP contribution in [-0.4, -0.2) is 34.4 Å². The van der Waals surface area contributed by atoms with Crippen LogP contribution < -0.4 is 5.32 Å². The molecule has 92 valence electrons. The van der Waals surface area contributed by atoms with Crippen molar-refractivity contribution in [3.63, 3.8) is 0 Å². The Balaban J connectivity index is 1.98. The second-order valence-corrected chi connectivity index (χ2v) is 5.68. The fourth-order valence-electron chi connectivity index (χ4n) is 3.10. The van der Waals surface area contributed by atoms with Gasteiger partial charge in [-0.1, -0.05) is 24.3 Å². The van der Waals surface area contributed by atoms with Crippen LogP contribution in [0.4, 0.5) is 0 Å². The monoisotopic (exact) mass is 232 g/mol. The fourth-order valence-corrected chi connectivity index (χ4v) is 3.10. The molecule has 0 radical (unpaired) electrons. The third-order valence-electron chi connectivity index (χ3n) is 4.19. The Morgan fingerprint density at radius 1 is 1.29 bits per heavy atom. The number of aliphatic hydroxyl groups is 1. The molecule has 3 rings (SSSR count). The molecule has 2 aliphatic heterocycles. The van der Waals surface area contributed by atoms with E-state index in [0.717, 1.165) is 13.0 Å². The van der Waals surface area contributed by atoms with E-state index in [0.29, 0.717) is 6.54 Å². The summed E-state index contributed by atoms with van der Waals surface area (Å²) in [6.07, 6.45) is 0.694. The molecule has 2 heterocycles. The van der Waals surface area contributed by atoms with Crippen molar-refractivity contribution in [1.82, 2.24) is 10.2 Å². The van der Waals surface area contributed by atoms with E-state index in [1.807, 2.05) is 0 Å². The average molecular weight is 232 g/mol. The van der Waals surface area contributed by atoms with E-state index in [4.69, 9.17) is 0 Å². The highest BCUT2D eigenvalue weighted by molar-refractivity contribution is 5.31. The van der Waals surface area contributed by atoms with E-state index in [9.17, 15) is 5.11 Å².